The maximum Gasteiger partial charge on any atom is 0.338 e. The monoisotopic (exact) mass is 433 g/mol. The first-order valence-electron chi connectivity index (χ1n) is 9.00. The summed E-state index contributed by atoms with van der Waals surface area (Å²) in [5, 5.41) is 13.4. The molecule has 2 aromatic carbocycles. The summed E-state index contributed by atoms with van der Waals surface area (Å²) in [6.07, 6.45) is 1.61. The van der Waals surface area contributed by atoms with E-state index in [1.807, 2.05) is 0 Å². The van der Waals surface area contributed by atoms with Crippen molar-refractivity contribution in [1.29, 1.82) is 0 Å². The number of aryl methyl sites for hydroxylation is 1. The summed E-state index contributed by atoms with van der Waals surface area (Å²) in [6.45, 7) is 1.02. The molecule has 1 fully saturated rings. The summed E-state index contributed by atoms with van der Waals surface area (Å²) in [5.41, 5.74) is 0.439. The molecule has 3 rings (SSSR count). The Morgan fingerprint density at radius 2 is 1.83 bits per heavy atom. The predicted molar refractivity (Wildman–Crippen MR) is 107 cm³/mol. The number of nitrogens with zero attached hydrogens (tertiary/aromatic N) is 1. The normalized spacial score (nSPS) is 13.5. The molecule has 1 saturated carbocycles. The Kier molecular flexibility index (Phi) is 6.13. The van der Waals surface area contributed by atoms with Gasteiger partial charge in [-0.2, -0.15) is 0 Å². The molecule has 0 bridgehead atoms. The van der Waals surface area contributed by atoms with Gasteiger partial charge < -0.3 is 10.1 Å². The van der Waals surface area contributed by atoms with Crippen LogP contribution in [0.25, 0.3) is 0 Å². The minimum atomic E-state index is -3.64. The van der Waals surface area contributed by atoms with Crippen molar-refractivity contribution in [2.75, 3.05) is 11.9 Å². The van der Waals surface area contributed by atoms with Gasteiger partial charge in [-0.15, -0.1) is 0 Å². The van der Waals surface area contributed by atoms with E-state index < -0.39 is 33.4 Å². The van der Waals surface area contributed by atoms with Crippen LogP contribution in [0.5, 0.6) is 0 Å². The highest BCUT2D eigenvalue weighted by Crippen LogP contribution is 2.25. The maximum atomic E-state index is 12.1. The smallest absolute Gasteiger partial charge is 0.338 e. The van der Waals surface area contributed by atoms with Gasteiger partial charge >= 0.3 is 5.97 Å². The lowest BCUT2D eigenvalue weighted by molar-refractivity contribution is -0.384. The van der Waals surface area contributed by atoms with Crippen molar-refractivity contribution >= 4 is 33.3 Å². The minimum absolute atomic E-state index is 0.00984. The Hall–Kier alpha value is -3.31. The quantitative estimate of drug-likeness (QED) is 0.368. The van der Waals surface area contributed by atoms with Gasteiger partial charge in [0.15, 0.2) is 6.61 Å². The summed E-state index contributed by atoms with van der Waals surface area (Å²) in [5.74, 6) is -1.58. The molecule has 1 amide bonds. The number of benzene rings is 2. The molecule has 0 aliphatic heterocycles. The predicted octanol–water partition coefficient (Wildman–Crippen LogP) is 2.14. The molecule has 0 atom stereocenters. The number of sulfonamides is 1. The molecule has 0 spiro atoms. The number of nitro benzene ring substituents is 1. The number of hydrogen-bond acceptors (Lipinski definition) is 7. The molecule has 1 aliphatic rings. The van der Waals surface area contributed by atoms with E-state index in [-0.39, 0.29) is 27.9 Å². The molecular formula is C19H19N3O7S. The van der Waals surface area contributed by atoms with E-state index in [0.29, 0.717) is 5.56 Å². The van der Waals surface area contributed by atoms with E-state index in [4.69, 9.17) is 4.74 Å². The molecule has 0 heterocycles. The van der Waals surface area contributed by atoms with E-state index in [1.165, 1.54) is 36.4 Å². The topological polar surface area (TPSA) is 145 Å². The van der Waals surface area contributed by atoms with Crippen molar-refractivity contribution in [3.8, 4) is 0 Å². The summed E-state index contributed by atoms with van der Waals surface area (Å²) in [7, 11) is -3.64. The molecule has 11 heteroatoms. The fourth-order valence-electron chi connectivity index (χ4n) is 2.56. The summed E-state index contributed by atoms with van der Waals surface area (Å²) >= 11 is 0. The number of amides is 1. The van der Waals surface area contributed by atoms with Crippen molar-refractivity contribution in [2.45, 2.75) is 30.7 Å². The van der Waals surface area contributed by atoms with Crippen molar-refractivity contribution in [3.05, 3.63) is 63.7 Å². The van der Waals surface area contributed by atoms with Crippen LogP contribution in [0, 0.1) is 17.0 Å². The van der Waals surface area contributed by atoms with Crippen LogP contribution in [0.1, 0.15) is 28.8 Å². The highest BCUT2D eigenvalue weighted by molar-refractivity contribution is 7.89. The fraction of sp³-hybridized carbons (Fsp3) is 0.263. The number of nitro groups is 1. The number of anilines is 1. The first kappa shape index (κ1) is 21.4. The molecule has 30 heavy (non-hydrogen) atoms. The Balaban J connectivity index is 1.58. The van der Waals surface area contributed by atoms with Crippen LogP contribution in [0.2, 0.25) is 0 Å². The molecule has 0 radical (unpaired) electrons. The van der Waals surface area contributed by atoms with Crippen LogP contribution in [0.15, 0.2) is 47.4 Å². The third-order valence-electron chi connectivity index (χ3n) is 4.26. The Labute approximate surface area is 172 Å². The lowest BCUT2D eigenvalue weighted by Gasteiger charge is -2.08. The van der Waals surface area contributed by atoms with Crippen LogP contribution in [-0.4, -0.2) is 37.9 Å². The van der Waals surface area contributed by atoms with Crippen molar-refractivity contribution in [3.63, 3.8) is 0 Å². The molecule has 0 unspecified atom stereocenters. The summed E-state index contributed by atoms with van der Waals surface area (Å²) < 4.78 is 31.7. The molecule has 1 aliphatic carbocycles. The lowest BCUT2D eigenvalue weighted by Crippen LogP contribution is -2.25. The highest BCUT2D eigenvalue weighted by atomic mass is 32.2. The summed E-state index contributed by atoms with van der Waals surface area (Å²) in [6, 6.07) is 9.38. The van der Waals surface area contributed by atoms with E-state index in [0.717, 1.165) is 12.8 Å². The van der Waals surface area contributed by atoms with Crippen LogP contribution in [-0.2, 0) is 19.6 Å². The number of nitrogens with one attached hydrogen (secondary N) is 2. The zero-order valence-corrected chi connectivity index (χ0v) is 16.8. The Bertz CT molecular complexity index is 1090. The second-order valence-electron chi connectivity index (χ2n) is 6.82. The first-order valence-corrected chi connectivity index (χ1v) is 10.5. The first-order chi connectivity index (χ1) is 14.2. The van der Waals surface area contributed by atoms with E-state index in [2.05, 4.69) is 10.0 Å². The van der Waals surface area contributed by atoms with Gasteiger partial charge in [0.25, 0.3) is 11.6 Å². The van der Waals surface area contributed by atoms with Gasteiger partial charge in [-0.05, 0) is 55.7 Å². The molecule has 10 nitrogen and oxygen atoms in total. The molecule has 2 N–H and O–H groups in total. The van der Waals surface area contributed by atoms with Gasteiger partial charge in [-0.1, -0.05) is 6.07 Å². The van der Waals surface area contributed by atoms with E-state index >= 15 is 0 Å². The van der Waals surface area contributed by atoms with Gasteiger partial charge in [0, 0.05) is 12.1 Å². The van der Waals surface area contributed by atoms with Crippen molar-refractivity contribution in [1.82, 2.24) is 4.72 Å². The largest absolute Gasteiger partial charge is 0.452 e. The van der Waals surface area contributed by atoms with E-state index in [9.17, 15) is 28.1 Å². The fourth-order valence-corrected chi connectivity index (χ4v) is 3.86. The van der Waals surface area contributed by atoms with Gasteiger partial charge in [0.05, 0.1) is 15.4 Å². The van der Waals surface area contributed by atoms with Gasteiger partial charge in [-0.3, -0.25) is 14.9 Å². The van der Waals surface area contributed by atoms with Gasteiger partial charge in [0.2, 0.25) is 10.0 Å². The molecule has 0 saturated heterocycles. The molecule has 158 valence electrons. The number of esters is 1. The van der Waals surface area contributed by atoms with Gasteiger partial charge in [-0.25, -0.2) is 17.9 Å². The Morgan fingerprint density at radius 1 is 1.17 bits per heavy atom. The molecule has 0 aromatic heterocycles. The number of hydrogen-bond donors (Lipinski definition) is 2. The van der Waals surface area contributed by atoms with Crippen LogP contribution in [0.3, 0.4) is 0 Å². The molecule has 2 aromatic rings. The standard InChI is InChI=1S/C19H19N3O7S/c1-12-2-9-16(17(10-12)22(25)26)20-18(23)11-29-19(24)13-3-7-15(8-4-13)30(27,28)21-14-5-6-14/h2-4,7-10,14,21H,5-6,11H2,1H3,(H,20,23). The molecular weight excluding hydrogens is 414 g/mol. The number of carbonyl (C=O) groups is 2. The van der Waals surface area contributed by atoms with E-state index in [1.54, 1.807) is 13.0 Å². The SMILES string of the molecule is Cc1ccc(NC(=O)COC(=O)c2ccc(S(=O)(=O)NC3CC3)cc2)c([N+](=O)[O-])c1. The van der Waals surface area contributed by atoms with Crippen LogP contribution >= 0.6 is 0 Å². The van der Waals surface area contributed by atoms with Crippen molar-refractivity contribution < 1.29 is 27.7 Å². The zero-order chi connectivity index (χ0) is 21.9. The average molecular weight is 433 g/mol. The number of rotatable bonds is 8. The third-order valence-corrected chi connectivity index (χ3v) is 5.79. The zero-order valence-electron chi connectivity index (χ0n) is 16.0. The second-order valence-corrected chi connectivity index (χ2v) is 8.54. The van der Waals surface area contributed by atoms with Crippen LogP contribution in [0.4, 0.5) is 11.4 Å². The number of carbonyl (C=O) groups excluding carboxylic acids is 2. The number of ether oxygens (including phenoxy) is 1. The minimum Gasteiger partial charge on any atom is -0.452 e. The highest BCUT2D eigenvalue weighted by Gasteiger charge is 2.28. The second kappa shape index (κ2) is 8.59. The maximum absolute atomic E-state index is 12.1. The third kappa shape index (κ3) is 5.39. The van der Waals surface area contributed by atoms with Crippen LogP contribution < -0.4 is 10.0 Å². The van der Waals surface area contributed by atoms with Gasteiger partial charge in [0.1, 0.15) is 5.69 Å². The lowest BCUT2D eigenvalue weighted by atomic mass is 10.2. The van der Waals surface area contributed by atoms with Crippen molar-refractivity contribution in [2.24, 2.45) is 0 Å². The average Bonchev–Trinajstić information content (AvgIpc) is 3.50. The Morgan fingerprint density at radius 3 is 2.43 bits per heavy atom. The summed E-state index contributed by atoms with van der Waals surface area (Å²) in [4.78, 5) is 34.6.